The van der Waals surface area contributed by atoms with Gasteiger partial charge in [0.05, 0.1) is 11.3 Å². The number of benzene rings is 1. The summed E-state index contributed by atoms with van der Waals surface area (Å²) in [6, 6.07) is 4.82. The van der Waals surface area contributed by atoms with Crippen molar-refractivity contribution in [2.24, 2.45) is 0 Å². The van der Waals surface area contributed by atoms with E-state index in [1.807, 2.05) is 6.07 Å². The maximum absolute atomic E-state index is 13.7. The second-order valence-corrected chi connectivity index (χ2v) is 4.30. The van der Waals surface area contributed by atoms with E-state index >= 15 is 0 Å². The van der Waals surface area contributed by atoms with Crippen LogP contribution < -0.4 is 4.90 Å². The van der Waals surface area contributed by atoms with Gasteiger partial charge in [-0.3, -0.25) is 4.79 Å². The molecule has 2 aliphatic rings. The molecule has 0 aromatic heterocycles. The maximum atomic E-state index is 13.7. The first-order valence-electron chi connectivity index (χ1n) is 5.44. The molecule has 2 aliphatic heterocycles. The maximum Gasteiger partial charge on any atom is 0.352 e. The predicted octanol–water partition coefficient (Wildman–Crippen LogP) is 2.46. The van der Waals surface area contributed by atoms with Gasteiger partial charge in [0, 0.05) is 6.54 Å². The molecular formula is C12H11F2NO. The molecular weight excluding hydrogens is 212 g/mol. The number of anilines is 1. The number of para-hydroxylation sites is 1. The number of hydrogen-bond acceptors (Lipinski definition) is 1. The summed E-state index contributed by atoms with van der Waals surface area (Å²) in [7, 11) is 0. The number of aryl methyl sites for hydroxylation is 1. The smallest absolute Gasteiger partial charge is 0.306 e. The van der Waals surface area contributed by atoms with Gasteiger partial charge >= 0.3 is 11.8 Å². The lowest BCUT2D eigenvalue weighted by Gasteiger charge is -2.16. The Kier molecular flexibility index (Phi) is 1.85. The minimum Gasteiger partial charge on any atom is -0.306 e. The van der Waals surface area contributed by atoms with Crippen LogP contribution in [0.5, 0.6) is 0 Å². The zero-order valence-electron chi connectivity index (χ0n) is 8.67. The van der Waals surface area contributed by atoms with Crippen molar-refractivity contribution >= 4 is 11.6 Å². The molecule has 4 heteroatoms. The summed E-state index contributed by atoms with van der Waals surface area (Å²) in [5.41, 5.74) is 1.23. The van der Waals surface area contributed by atoms with E-state index in [1.54, 1.807) is 6.07 Å². The van der Waals surface area contributed by atoms with Gasteiger partial charge in [-0.2, -0.15) is 8.78 Å². The summed E-state index contributed by atoms with van der Waals surface area (Å²) in [5.74, 6) is -4.39. The van der Waals surface area contributed by atoms with Crippen LogP contribution in [0.3, 0.4) is 0 Å². The lowest BCUT2D eigenvalue weighted by atomic mass is 10.0. The van der Waals surface area contributed by atoms with Crippen molar-refractivity contribution in [1.29, 1.82) is 0 Å². The van der Waals surface area contributed by atoms with E-state index in [0.717, 1.165) is 24.8 Å². The third kappa shape index (κ3) is 1.07. The monoisotopic (exact) mass is 223 g/mol. The summed E-state index contributed by atoms with van der Waals surface area (Å²) in [4.78, 5) is 12.9. The summed E-state index contributed by atoms with van der Waals surface area (Å²) in [5, 5.41) is 0. The average Bonchev–Trinajstić information content (AvgIpc) is 2.46. The van der Waals surface area contributed by atoms with Crippen LogP contribution in [0.2, 0.25) is 0 Å². The van der Waals surface area contributed by atoms with Gasteiger partial charge in [-0.15, -0.1) is 0 Å². The largest absolute Gasteiger partial charge is 0.352 e. The highest BCUT2D eigenvalue weighted by Crippen LogP contribution is 2.47. The molecule has 0 aliphatic carbocycles. The highest BCUT2D eigenvalue weighted by atomic mass is 19.3. The van der Waals surface area contributed by atoms with E-state index in [4.69, 9.17) is 0 Å². The average molecular weight is 223 g/mol. The topological polar surface area (TPSA) is 20.3 Å². The minimum atomic E-state index is -3.33. The Hall–Kier alpha value is -1.45. The van der Waals surface area contributed by atoms with Crippen molar-refractivity contribution in [2.75, 3.05) is 11.4 Å². The molecule has 1 aromatic carbocycles. The lowest BCUT2D eigenvalue weighted by Crippen LogP contribution is -2.34. The Morgan fingerprint density at radius 3 is 2.88 bits per heavy atom. The number of nitrogens with zero attached hydrogens (tertiary/aromatic N) is 1. The molecule has 0 bridgehead atoms. The molecule has 0 saturated heterocycles. The molecule has 0 unspecified atom stereocenters. The highest BCUT2D eigenvalue weighted by Gasteiger charge is 2.53. The first kappa shape index (κ1) is 9.75. The van der Waals surface area contributed by atoms with Crippen LogP contribution in [-0.2, 0) is 17.1 Å². The zero-order chi connectivity index (χ0) is 11.3. The van der Waals surface area contributed by atoms with Crippen molar-refractivity contribution in [2.45, 2.75) is 25.2 Å². The van der Waals surface area contributed by atoms with Crippen LogP contribution in [0.1, 0.15) is 24.0 Å². The van der Waals surface area contributed by atoms with E-state index in [2.05, 4.69) is 0 Å². The Morgan fingerprint density at radius 1 is 1.25 bits per heavy atom. The van der Waals surface area contributed by atoms with Crippen LogP contribution in [0.25, 0.3) is 0 Å². The van der Waals surface area contributed by atoms with Crippen molar-refractivity contribution < 1.29 is 13.6 Å². The molecule has 16 heavy (non-hydrogen) atoms. The molecule has 0 fully saturated rings. The number of amides is 1. The quantitative estimate of drug-likeness (QED) is 0.661. The molecule has 0 atom stereocenters. The van der Waals surface area contributed by atoms with Crippen LogP contribution in [0.4, 0.5) is 14.5 Å². The third-order valence-corrected chi connectivity index (χ3v) is 3.32. The van der Waals surface area contributed by atoms with E-state index in [-0.39, 0.29) is 5.56 Å². The van der Waals surface area contributed by atoms with Crippen LogP contribution in [-0.4, -0.2) is 12.5 Å². The second-order valence-electron chi connectivity index (χ2n) is 4.30. The van der Waals surface area contributed by atoms with Gasteiger partial charge in [-0.05, 0) is 24.8 Å². The van der Waals surface area contributed by atoms with Crippen molar-refractivity contribution in [1.82, 2.24) is 0 Å². The molecule has 1 amide bonds. The van der Waals surface area contributed by atoms with Gasteiger partial charge in [0.15, 0.2) is 0 Å². The van der Waals surface area contributed by atoms with Crippen molar-refractivity contribution in [3.8, 4) is 0 Å². The Morgan fingerprint density at radius 2 is 2.06 bits per heavy atom. The second kappa shape index (κ2) is 3.03. The van der Waals surface area contributed by atoms with Gasteiger partial charge < -0.3 is 4.90 Å². The van der Waals surface area contributed by atoms with Gasteiger partial charge in [-0.1, -0.05) is 18.2 Å². The standard InChI is InChI=1S/C12H11F2NO/c13-12(14)9-6-3-5-8-4-1-2-7-15(10(8)9)11(12)16/h3,5-6H,1-2,4,7H2. The Labute approximate surface area is 91.9 Å². The molecule has 0 radical (unpaired) electrons. The summed E-state index contributed by atoms with van der Waals surface area (Å²) < 4.78 is 27.4. The van der Waals surface area contributed by atoms with E-state index in [9.17, 15) is 13.6 Å². The number of halogens is 2. The van der Waals surface area contributed by atoms with E-state index in [0.29, 0.717) is 12.2 Å². The number of hydrogen-bond donors (Lipinski definition) is 0. The molecule has 2 nitrogen and oxygen atoms in total. The van der Waals surface area contributed by atoms with Crippen LogP contribution in [0, 0.1) is 0 Å². The first-order valence-corrected chi connectivity index (χ1v) is 5.44. The summed E-state index contributed by atoms with van der Waals surface area (Å²) in [6.07, 6.45) is 2.52. The number of carbonyl (C=O) groups is 1. The lowest BCUT2D eigenvalue weighted by molar-refractivity contribution is -0.141. The van der Waals surface area contributed by atoms with Gasteiger partial charge in [0.1, 0.15) is 0 Å². The minimum absolute atomic E-state index is 0.114. The molecule has 3 rings (SSSR count). The normalized spacial score (nSPS) is 21.9. The fourth-order valence-electron chi connectivity index (χ4n) is 2.55. The van der Waals surface area contributed by atoms with E-state index in [1.165, 1.54) is 11.0 Å². The van der Waals surface area contributed by atoms with Crippen LogP contribution in [0.15, 0.2) is 18.2 Å². The van der Waals surface area contributed by atoms with E-state index < -0.39 is 11.8 Å². The first-order chi connectivity index (χ1) is 7.62. The third-order valence-electron chi connectivity index (χ3n) is 3.32. The summed E-state index contributed by atoms with van der Waals surface area (Å²) >= 11 is 0. The van der Waals surface area contributed by atoms with Crippen molar-refractivity contribution in [3.63, 3.8) is 0 Å². The number of rotatable bonds is 0. The molecule has 0 spiro atoms. The highest BCUT2D eigenvalue weighted by molar-refractivity contribution is 6.06. The van der Waals surface area contributed by atoms with Gasteiger partial charge in [0.2, 0.25) is 0 Å². The zero-order valence-corrected chi connectivity index (χ0v) is 8.67. The van der Waals surface area contributed by atoms with Crippen molar-refractivity contribution in [3.05, 3.63) is 29.3 Å². The fraction of sp³-hybridized carbons (Fsp3) is 0.417. The Balaban J connectivity index is 2.28. The predicted molar refractivity (Wildman–Crippen MR) is 55.6 cm³/mol. The number of alkyl halides is 2. The van der Waals surface area contributed by atoms with Gasteiger partial charge in [0.25, 0.3) is 0 Å². The van der Waals surface area contributed by atoms with Crippen LogP contribution >= 0.6 is 0 Å². The molecule has 0 N–H and O–H groups in total. The molecule has 1 aromatic rings. The molecule has 2 heterocycles. The number of carbonyl (C=O) groups excluding carboxylic acids is 1. The summed E-state index contributed by atoms with van der Waals surface area (Å²) in [6.45, 7) is 0.415. The molecule has 0 saturated carbocycles. The van der Waals surface area contributed by atoms with Gasteiger partial charge in [-0.25, -0.2) is 0 Å². The Bertz CT molecular complexity index is 470. The SMILES string of the molecule is O=C1N2CCCCc3cccc(c32)C1(F)F. The fourth-order valence-corrected chi connectivity index (χ4v) is 2.55. The molecule has 84 valence electrons.